The highest BCUT2D eigenvalue weighted by Gasteiger charge is 2.51. The molecule has 0 spiro atoms. The van der Waals surface area contributed by atoms with Gasteiger partial charge in [0.25, 0.3) is 0 Å². The zero-order valence-electron chi connectivity index (χ0n) is 14.8. The van der Waals surface area contributed by atoms with Crippen LogP contribution >= 0.6 is 11.6 Å². The number of hydrogen-bond donors (Lipinski definition) is 0. The van der Waals surface area contributed by atoms with Crippen molar-refractivity contribution in [3.63, 3.8) is 0 Å². The molecule has 1 heterocycles. The molecular weight excluding hydrogens is 341 g/mol. The summed E-state index contributed by atoms with van der Waals surface area (Å²) in [6.45, 7) is 8.16. The first-order valence-electron chi connectivity index (χ1n) is 8.20. The topological polar surface area (TPSA) is 27.7 Å². The fourth-order valence-corrected chi connectivity index (χ4v) is 2.69. The first-order valence-corrected chi connectivity index (χ1v) is 8.58. The van der Waals surface area contributed by atoms with Gasteiger partial charge in [-0.15, -0.1) is 0 Å². The van der Waals surface area contributed by atoms with Gasteiger partial charge in [0.15, 0.2) is 0 Å². The van der Waals surface area contributed by atoms with Gasteiger partial charge in [-0.05, 0) is 57.4 Å². The average Bonchev–Trinajstić information content (AvgIpc) is 2.75. The van der Waals surface area contributed by atoms with E-state index < -0.39 is 18.3 Å². The van der Waals surface area contributed by atoms with Gasteiger partial charge in [-0.25, -0.2) is 4.39 Å². The van der Waals surface area contributed by atoms with E-state index in [9.17, 15) is 4.39 Å². The maximum absolute atomic E-state index is 13.8. The summed E-state index contributed by atoms with van der Waals surface area (Å²) in [5, 5.41) is 0.365. The summed E-state index contributed by atoms with van der Waals surface area (Å²) < 4.78 is 31.7. The molecule has 3 nitrogen and oxygen atoms in total. The van der Waals surface area contributed by atoms with Crippen molar-refractivity contribution in [3.05, 3.63) is 58.9 Å². The Kier molecular flexibility index (Phi) is 4.84. The summed E-state index contributed by atoms with van der Waals surface area (Å²) >= 11 is 5.77. The standard InChI is InChI=1S/C19H21BClFO3/c1-18(2)19(3,4)25-20(24-18)14-6-5-7-16(10-14)23-12-13-8-9-15(21)11-17(13)22/h5-11H,12H2,1-4H3. The maximum atomic E-state index is 13.8. The minimum absolute atomic E-state index is 0.121. The van der Waals surface area contributed by atoms with Gasteiger partial charge in [-0.1, -0.05) is 29.8 Å². The Morgan fingerprint density at radius 2 is 1.72 bits per heavy atom. The van der Waals surface area contributed by atoms with Crippen LogP contribution < -0.4 is 10.2 Å². The van der Waals surface area contributed by atoms with E-state index in [1.165, 1.54) is 6.07 Å². The molecule has 1 aliphatic rings. The molecule has 2 aromatic rings. The monoisotopic (exact) mass is 362 g/mol. The molecular formula is C19H21BClFO3. The van der Waals surface area contributed by atoms with Crippen molar-refractivity contribution in [1.29, 1.82) is 0 Å². The second-order valence-electron chi connectivity index (χ2n) is 7.19. The Morgan fingerprint density at radius 1 is 1.04 bits per heavy atom. The molecule has 0 unspecified atom stereocenters. The number of hydrogen-bond acceptors (Lipinski definition) is 3. The summed E-state index contributed by atoms with van der Waals surface area (Å²) in [4.78, 5) is 0. The third-order valence-electron chi connectivity index (χ3n) is 4.79. The first-order chi connectivity index (χ1) is 11.7. The molecule has 0 aliphatic carbocycles. The first kappa shape index (κ1) is 18.2. The molecule has 0 radical (unpaired) electrons. The largest absolute Gasteiger partial charge is 0.494 e. The van der Waals surface area contributed by atoms with Gasteiger partial charge in [0, 0.05) is 10.6 Å². The van der Waals surface area contributed by atoms with Crippen molar-refractivity contribution < 1.29 is 18.4 Å². The van der Waals surface area contributed by atoms with Crippen molar-refractivity contribution in [2.75, 3.05) is 0 Å². The highest BCUT2D eigenvalue weighted by Crippen LogP contribution is 2.36. The molecule has 1 fully saturated rings. The van der Waals surface area contributed by atoms with E-state index >= 15 is 0 Å². The molecule has 0 aromatic heterocycles. The predicted octanol–water partition coefficient (Wildman–Crippen LogP) is 4.36. The molecule has 1 saturated heterocycles. The number of rotatable bonds is 4. The van der Waals surface area contributed by atoms with Gasteiger partial charge < -0.3 is 14.0 Å². The Bertz CT molecular complexity index is 763. The number of benzene rings is 2. The average molecular weight is 363 g/mol. The Hall–Kier alpha value is -1.56. The number of ether oxygens (including phenoxy) is 1. The molecule has 3 rings (SSSR count). The van der Waals surface area contributed by atoms with E-state index in [0.717, 1.165) is 5.46 Å². The predicted molar refractivity (Wildman–Crippen MR) is 97.9 cm³/mol. The lowest BCUT2D eigenvalue weighted by Gasteiger charge is -2.32. The molecule has 25 heavy (non-hydrogen) atoms. The van der Waals surface area contributed by atoms with Crippen LogP contribution in [0.3, 0.4) is 0 Å². The summed E-state index contributed by atoms with van der Waals surface area (Å²) in [5.74, 6) is 0.246. The third kappa shape index (κ3) is 3.84. The highest BCUT2D eigenvalue weighted by atomic mass is 35.5. The second kappa shape index (κ2) is 6.63. The lowest BCUT2D eigenvalue weighted by atomic mass is 9.79. The van der Waals surface area contributed by atoms with Gasteiger partial charge >= 0.3 is 7.12 Å². The smallest absolute Gasteiger partial charge is 0.489 e. The summed E-state index contributed by atoms with van der Waals surface area (Å²) in [5.41, 5.74) is 0.514. The SMILES string of the molecule is CC1(C)OB(c2cccc(OCc3ccc(Cl)cc3F)c2)OC1(C)C. The van der Waals surface area contributed by atoms with Crippen LogP contribution in [0.1, 0.15) is 33.3 Å². The van der Waals surface area contributed by atoms with Crippen LogP contribution in [0.4, 0.5) is 4.39 Å². The van der Waals surface area contributed by atoms with Crippen LogP contribution in [0.25, 0.3) is 0 Å². The van der Waals surface area contributed by atoms with Crippen molar-refractivity contribution in [2.24, 2.45) is 0 Å². The van der Waals surface area contributed by atoms with Crippen molar-refractivity contribution in [2.45, 2.75) is 45.5 Å². The molecule has 132 valence electrons. The van der Waals surface area contributed by atoms with Crippen LogP contribution in [0.15, 0.2) is 42.5 Å². The molecule has 0 bridgehead atoms. The zero-order valence-corrected chi connectivity index (χ0v) is 15.6. The minimum Gasteiger partial charge on any atom is -0.489 e. The van der Waals surface area contributed by atoms with E-state index in [1.807, 2.05) is 52.0 Å². The molecule has 0 amide bonds. The molecule has 0 atom stereocenters. The third-order valence-corrected chi connectivity index (χ3v) is 5.03. The minimum atomic E-state index is -0.458. The summed E-state index contributed by atoms with van der Waals surface area (Å²) in [6, 6.07) is 12.0. The van der Waals surface area contributed by atoms with Crippen LogP contribution in [0, 0.1) is 5.82 Å². The van der Waals surface area contributed by atoms with Gasteiger partial charge in [0.05, 0.1) is 11.2 Å². The van der Waals surface area contributed by atoms with Crippen molar-refractivity contribution >= 4 is 24.2 Å². The lowest BCUT2D eigenvalue weighted by Crippen LogP contribution is -2.41. The summed E-state index contributed by atoms with van der Waals surface area (Å²) in [7, 11) is -0.458. The van der Waals surface area contributed by atoms with Crippen LogP contribution in [-0.2, 0) is 15.9 Å². The fourth-order valence-electron chi connectivity index (χ4n) is 2.53. The van der Waals surface area contributed by atoms with Crippen LogP contribution in [0.5, 0.6) is 5.75 Å². The second-order valence-corrected chi connectivity index (χ2v) is 7.62. The molecule has 0 N–H and O–H groups in total. The number of halogens is 2. The zero-order chi connectivity index (χ0) is 18.2. The van der Waals surface area contributed by atoms with Gasteiger partial charge in [0.2, 0.25) is 0 Å². The maximum Gasteiger partial charge on any atom is 0.494 e. The molecule has 6 heteroatoms. The Balaban J connectivity index is 1.72. The Labute approximate surface area is 153 Å². The summed E-state index contributed by atoms with van der Waals surface area (Å²) in [6.07, 6.45) is 0. The molecule has 0 saturated carbocycles. The van der Waals surface area contributed by atoms with Gasteiger partial charge in [0.1, 0.15) is 18.2 Å². The highest BCUT2D eigenvalue weighted by molar-refractivity contribution is 6.62. The fraction of sp³-hybridized carbons (Fsp3) is 0.368. The molecule has 2 aromatic carbocycles. The lowest BCUT2D eigenvalue weighted by molar-refractivity contribution is 0.00578. The van der Waals surface area contributed by atoms with Gasteiger partial charge in [-0.2, -0.15) is 0 Å². The van der Waals surface area contributed by atoms with Crippen LogP contribution in [0.2, 0.25) is 5.02 Å². The van der Waals surface area contributed by atoms with E-state index in [0.29, 0.717) is 16.3 Å². The van der Waals surface area contributed by atoms with Crippen molar-refractivity contribution in [3.8, 4) is 5.75 Å². The van der Waals surface area contributed by atoms with Crippen molar-refractivity contribution in [1.82, 2.24) is 0 Å². The quantitative estimate of drug-likeness (QED) is 0.757. The molecule has 1 aliphatic heterocycles. The van der Waals surface area contributed by atoms with Crippen LogP contribution in [-0.4, -0.2) is 18.3 Å². The van der Waals surface area contributed by atoms with E-state index in [4.69, 9.17) is 25.6 Å². The van der Waals surface area contributed by atoms with E-state index in [2.05, 4.69) is 0 Å². The van der Waals surface area contributed by atoms with E-state index in [1.54, 1.807) is 12.1 Å². The normalized spacial score (nSPS) is 18.4. The van der Waals surface area contributed by atoms with Gasteiger partial charge in [-0.3, -0.25) is 0 Å². The Morgan fingerprint density at radius 3 is 2.36 bits per heavy atom. The van der Waals surface area contributed by atoms with E-state index in [-0.39, 0.29) is 12.4 Å².